The van der Waals surface area contributed by atoms with E-state index in [0.717, 1.165) is 37.1 Å². The van der Waals surface area contributed by atoms with Gasteiger partial charge < -0.3 is 15.3 Å². The predicted octanol–water partition coefficient (Wildman–Crippen LogP) is 3.08. The SMILES string of the molecule is C[C@H](NCC1CCN(C[C@@H](C)O)CC1)c1ccc(Cl)cc1. The average Bonchev–Trinajstić information content (AvgIpc) is 2.46. The van der Waals surface area contributed by atoms with Gasteiger partial charge in [0.2, 0.25) is 0 Å². The molecule has 0 bridgehead atoms. The lowest BCUT2D eigenvalue weighted by Gasteiger charge is -2.33. The van der Waals surface area contributed by atoms with Crippen LogP contribution < -0.4 is 5.32 Å². The molecule has 0 saturated carbocycles. The first-order valence-electron chi connectivity index (χ1n) is 7.94. The number of likely N-dealkylation sites (tertiary alicyclic amines) is 1. The van der Waals surface area contributed by atoms with Gasteiger partial charge in [-0.1, -0.05) is 23.7 Å². The minimum absolute atomic E-state index is 0.218. The molecule has 2 N–H and O–H groups in total. The van der Waals surface area contributed by atoms with Gasteiger partial charge in [0.1, 0.15) is 0 Å². The Bertz CT molecular complexity index is 413. The number of nitrogens with one attached hydrogen (secondary N) is 1. The summed E-state index contributed by atoms with van der Waals surface area (Å²) in [5.74, 6) is 0.741. The van der Waals surface area contributed by atoms with Crippen LogP contribution in [0.15, 0.2) is 24.3 Å². The molecule has 118 valence electrons. The second-order valence-corrected chi connectivity index (χ2v) is 6.71. The molecule has 0 amide bonds. The van der Waals surface area contributed by atoms with Crippen LogP contribution in [0.5, 0.6) is 0 Å². The second kappa shape index (κ2) is 8.14. The van der Waals surface area contributed by atoms with E-state index in [1.165, 1.54) is 18.4 Å². The van der Waals surface area contributed by atoms with Crippen LogP contribution in [0.1, 0.15) is 38.3 Å². The molecule has 2 atom stereocenters. The fourth-order valence-electron chi connectivity index (χ4n) is 2.96. The van der Waals surface area contributed by atoms with Crippen molar-refractivity contribution >= 4 is 11.6 Å². The van der Waals surface area contributed by atoms with Crippen molar-refractivity contribution in [3.05, 3.63) is 34.9 Å². The number of hydrogen-bond donors (Lipinski definition) is 2. The van der Waals surface area contributed by atoms with Gasteiger partial charge in [-0.3, -0.25) is 0 Å². The van der Waals surface area contributed by atoms with Crippen LogP contribution >= 0.6 is 11.6 Å². The van der Waals surface area contributed by atoms with E-state index in [9.17, 15) is 5.11 Å². The topological polar surface area (TPSA) is 35.5 Å². The zero-order chi connectivity index (χ0) is 15.2. The predicted molar refractivity (Wildman–Crippen MR) is 88.7 cm³/mol. The molecule has 1 aromatic rings. The summed E-state index contributed by atoms with van der Waals surface area (Å²) in [6.07, 6.45) is 2.21. The van der Waals surface area contributed by atoms with E-state index in [4.69, 9.17) is 11.6 Å². The van der Waals surface area contributed by atoms with Gasteiger partial charge in [0.15, 0.2) is 0 Å². The molecule has 1 aromatic carbocycles. The fraction of sp³-hybridized carbons (Fsp3) is 0.647. The summed E-state index contributed by atoms with van der Waals surface area (Å²) < 4.78 is 0. The normalized spacial score (nSPS) is 20.4. The molecule has 0 unspecified atom stereocenters. The van der Waals surface area contributed by atoms with E-state index in [1.54, 1.807) is 0 Å². The molecular formula is C17H27ClN2O. The van der Waals surface area contributed by atoms with Crippen LogP contribution in [0.2, 0.25) is 5.02 Å². The number of aliphatic hydroxyl groups excluding tert-OH is 1. The fourth-order valence-corrected chi connectivity index (χ4v) is 3.09. The number of nitrogens with zero attached hydrogens (tertiary/aromatic N) is 1. The molecule has 4 heteroatoms. The van der Waals surface area contributed by atoms with Crippen LogP contribution in [-0.4, -0.2) is 42.3 Å². The summed E-state index contributed by atoms with van der Waals surface area (Å²) in [5, 5.41) is 13.8. The molecule has 21 heavy (non-hydrogen) atoms. The molecule has 2 rings (SSSR count). The molecule has 0 aliphatic carbocycles. The average molecular weight is 311 g/mol. The molecular weight excluding hydrogens is 284 g/mol. The van der Waals surface area contributed by atoms with Crippen LogP contribution in [0, 0.1) is 5.92 Å². The summed E-state index contributed by atoms with van der Waals surface area (Å²) in [4.78, 5) is 2.36. The highest BCUT2D eigenvalue weighted by molar-refractivity contribution is 6.30. The number of piperidine rings is 1. The Labute approximate surface area is 133 Å². The van der Waals surface area contributed by atoms with E-state index >= 15 is 0 Å². The Hall–Kier alpha value is -0.610. The van der Waals surface area contributed by atoms with Gasteiger partial charge in [0, 0.05) is 17.6 Å². The number of aliphatic hydroxyl groups is 1. The Morgan fingerprint density at radius 2 is 1.86 bits per heavy atom. The number of hydrogen-bond acceptors (Lipinski definition) is 3. The molecule has 1 fully saturated rings. The molecule has 0 spiro atoms. The first-order chi connectivity index (χ1) is 10.0. The summed E-state index contributed by atoms with van der Waals surface area (Å²) in [5.41, 5.74) is 1.28. The molecule has 1 aliphatic rings. The van der Waals surface area contributed by atoms with Gasteiger partial charge in [-0.15, -0.1) is 0 Å². The highest BCUT2D eigenvalue weighted by Gasteiger charge is 2.20. The van der Waals surface area contributed by atoms with Crippen molar-refractivity contribution in [1.82, 2.24) is 10.2 Å². The minimum Gasteiger partial charge on any atom is -0.392 e. The molecule has 1 aliphatic heterocycles. The monoisotopic (exact) mass is 310 g/mol. The third-order valence-electron chi connectivity index (χ3n) is 4.31. The minimum atomic E-state index is -0.218. The number of rotatable bonds is 6. The maximum Gasteiger partial charge on any atom is 0.0639 e. The Kier molecular flexibility index (Phi) is 6.49. The number of β-amino-alcohol motifs (C(OH)–C–C–N with tert-alkyl or cyclic N) is 1. The van der Waals surface area contributed by atoms with Gasteiger partial charge >= 0.3 is 0 Å². The highest BCUT2D eigenvalue weighted by atomic mass is 35.5. The van der Waals surface area contributed by atoms with E-state index in [1.807, 2.05) is 19.1 Å². The van der Waals surface area contributed by atoms with Crippen LogP contribution in [0.4, 0.5) is 0 Å². The first-order valence-corrected chi connectivity index (χ1v) is 8.31. The van der Waals surface area contributed by atoms with Crippen LogP contribution in [0.25, 0.3) is 0 Å². The lowest BCUT2D eigenvalue weighted by Crippen LogP contribution is -2.40. The van der Waals surface area contributed by atoms with Crippen molar-refractivity contribution in [3.63, 3.8) is 0 Å². The smallest absolute Gasteiger partial charge is 0.0639 e. The molecule has 0 aromatic heterocycles. The largest absolute Gasteiger partial charge is 0.392 e. The van der Waals surface area contributed by atoms with Gasteiger partial charge in [-0.05, 0) is 69.9 Å². The molecule has 0 radical (unpaired) electrons. The van der Waals surface area contributed by atoms with E-state index in [-0.39, 0.29) is 6.10 Å². The molecule has 1 saturated heterocycles. The Morgan fingerprint density at radius 3 is 2.43 bits per heavy atom. The van der Waals surface area contributed by atoms with Crippen molar-refractivity contribution in [2.75, 3.05) is 26.2 Å². The third-order valence-corrected chi connectivity index (χ3v) is 4.56. The lowest BCUT2D eigenvalue weighted by atomic mass is 9.96. The summed E-state index contributed by atoms with van der Waals surface area (Å²) in [7, 11) is 0. The zero-order valence-electron chi connectivity index (χ0n) is 13.1. The summed E-state index contributed by atoms with van der Waals surface area (Å²) >= 11 is 5.92. The summed E-state index contributed by atoms with van der Waals surface area (Å²) in [6.45, 7) is 8.14. The Balaban J connectivity index is 1.70. The zero-order valence-corrected chi connectivity index (χ0v) is 13.8. The lowest BCUT2D eigenvalue weighted by molar-refractivity contribution is 0.0994. The van der Waals surface area contributed by atoms with Crippen molar-refractivity contribution in [3.8, 4) is 0 Å². The number of halogens is 1. The molecule has 1 heterocycles. The molecule has 3 nitrogen and oxygen atoms in total. The second-order valence-electron chi connectivity index (χ2n) is 6.27. The van der Waals surface area contributed by atoms with Gasteiger partial charge in [-0.25, -0.2) is 0 Å². The standard InChI is InChI=1S/C17H27ClN2O/c1-13(21)12-20-9-7-15(8-10-20)11-19-14(2)16-3-5-17(18)6-4-16/h3-6,13-15,19,21H,7-12H2,1-2H3/t13-,14+/m1/s1. The van der Waals surface area contributed by atoms with Crippen molar-refractivity contribution in [2.24, 2.45) is 5.92 Å². The highest BCUT2D eigenvalue weighted by Crippen LogP contribution is 2.19. The van der Waals surface area contributed by atoms with E-state index in [0.29, 0.717) is 6.04 Å². The van der Waals surface area contributed by atoms with Gasteiger partial charge in [-0.2, -0.15) is 0 Å². The van der Waals surface area contributed by atoms with Gasteiger partial charge in [0.25, 0.3) is 0 Å². The van der Waals surface area contributed by atoms with Crippen LogP contribution in [0.3, 0.4) is 0 Å². The quantitative estimate of drug-likeness (QED) is 0.847. The third kappa shape index (κ3) is 5.59. The van der Waals surface area contributed by atoms with Crippen LogP contribution in [-0.2, 0) is 0 Å². The number of benzene rings is 1. The van der Waals surface area contributed by atoms with Crippen molar-refractivity contribution in [1.29, 1.82) is 0 Å². The van der Waals surface area contributed by atoms with E-state index in [2.05, 4.69) is 29.3 Å². The van der Waals surface area contributed by atoms with Crippen molar-refractivity contribution in [2.45, 2.75) is 38.8 Å². The van der Waals surface area contributed by atoms with Crippen molar-refractivity contribution < 1.29 is 5.11 Å². The van der Waals surface area contributed by atoms with E-state index < -0.39 is 0 Å². The van der Waals surface area contributed by atoms with Gasteiger partial charge in [0.05, 0.1) is 6.10 Å². The Morgan fingerprint density at radius 1 is 1.24 bits per heavy atom. The first kappa shape index (κ1) is 16.8. The maximum absolute atomic E-state index is 9.43. The maximum atomic E-state index is 9.43. The summed E-state index contributed by atoms with van der Waals surface area (Å²) in [6, 6.07) is 8.43.